The monoisotopic (exact) mass is 275 g/mol. The fraction of sp³-hybridized carbons (Fsp3) is 0.769. The van der Waals surface area contributed by atoms with Gasteiger partial charge in [0.2, 0.25) is 0 Å². The molecule has 0 saturated carbocycles. The predicted molar refractivity (Wildman–Crippen MR) is 74.9 cm³/mol. The highest BCUT2D eigenvalue weighted by Gasteiger charge is 2.02. The number of rotatable bonds is 9. The van der Waals surface area contributed by atoms with Crippen LogP contribution in [0.4, 0.5) is 0 Å². The summed E-state index contributed by atoms with van der Waals surface area (Å²) in [5.41, 5.74) is 1.000. The summed E-state index contributed by atoms with van der Waals surface area (Å²) in [5, 5.41) is 3.24. The van der Waals surface area contributed by atoms with Gasteiger partial charge in [0.05, 0.1) is 22.7 Å². The number of aryl methyl sites for hydroxylation is 1. The van der Waals surface area contributed by atoms with Crippen molar-refractivity contribution in [1.82, 2.24) is 4.98 Å². The lowest BCUT2D eigenvalue weighted by molar-refractivity contribution is 0.0574. The van der Waals surface area contributed by atoms with Crippen molar-refractivity contribution in [2.45, 2.75) is 57.9 Å². The van der Waals surface area contributed by atoms with Crippen LogP contribution in [-0.2, 0) is 17.0 Å². The van der Waals surface area contributed by atoms with Gasteiger partial charge in [0.1, 0.15) is 0 Å². The van der Waals surface area contributed by atoms with E-state index < -0.39 is 0 Å². The topological polar surface area (TPSA) is 22.1 Å². The molecule has 0 aliphatic carbocycles. The number of ether oxygens (including phenoxy) is 1. The summed E-state index contributed by atoms with van der Waals surface area (Å²) in [7, 11) is 0. The van der Waals surface area contributed by atoms with Crippen LogP contribution in [0, 0.1) is 0 Å². The van der Waals surface area contributed by atoms with Crippen molar-refractivity contribution in [3.63, 3.8) is 0 Å². The molecule has 1 aromatic rings. The first-order chi connectivity index (χ1) is 8.26. The van der Waals surface area contributed by atoms with Crippen molar-refractivity contribution in [3.05, 3.63) is 16.1 Å². The second-order valence-electron chi connectivity index (χ2n) is 4.29. The van der Waals surface area contributed by atoms with E-state index in [1.807, 2.05) is 5.38 Å². The molecule has 1 unspecified atom stereocenters. The minimum absolute atomic E-state index is 0.405. The molecule has 1 aromatic heterocycles. The first-order valence-electron chi connectivity index (χ1n) is 6.37. The fourth-order valence-corrected chi connectivity index (χ4v) is 2.75. The van der Waals surface area contributed by atoms with Crippen LogP contribution in [0.1, 0.15) is 50.2 Å². The number of nitrogens with zero attached hydrogens (tertiary/aromatic N) is 1. The van der Waals surface area contributed by atoms with Crippen molar-refractivity contribution in [3.8, 4) is 0 Å². The maximum Gasteiger partial charge on any atom is 0.0928 e. The molecule has 1 rings (SSSR count). The number of hydrogen-bond donors (Lipinski definition) is 0. The summed E-state index contributed by atoms with van der Waals surface area (Å²) in [6.45, 7) is 5.21. The fourth-order valence-electron chi connectivity index (χ4n) is 1.68. The Labute approximate surface area is 113 Å². The highest BCUT2D eigenvalue weighted by Crippen LogP contribution is 2.14. The third-order valence-electron chi connectivity index (χ3n) is 2.62. The second-order valence-corrected chi connectivity index (χ2v) is 5.50. The summed E-state index contributed by atoms with van der Waals surface area (Å²) < 4.78 is 5.71. The molecule has 17 heavy (non-hydrogen) atoms. The quantitative estimate of drug-likeness (QED) is 0.492. The molecular weight excluding hydrogens is 254 g/mol. The third-order valence-corrected chi connectivity index (χ3v) is 3.85. The highest BCUT2D eigenvalue weighted by molar-refractivity contribution is 7.09. The molecule has 1 atom stereocenters. The average molecular weight is 276 g/mol. The van der Waals surface area contributed by atoms with Crippen LogP contribution in [0.3, 0.4) is 0 Å². The first kappa shape index (κ1) is 14.9. The van der Waals surface area contributed by atoms with E-state index in [1.165, 1.54) is 11.4 Å². The molecule has 0 spiro atoms. The van der Waals surface area contributed by atoms with E-state index in [1.54, 1.807) is 11.3 Å². The number of alkyl halides is 1. The standard InChI is InChI=1S/C13H22ClNOS/c1-3-6-11(2)16-8-5-4-7-13-15-12(9-14)10-17-13/h10-11H,3-9H2,1-2H3. The van der Waals surface area contributed by atoms with Crippen molar-refractivity contribution < 1.29 is 4.74 Å². The number of unbranched alkanes of at least 4 members (excludes halogenated alkanes) is 1. The van der Waals surface area contributed by atoms with Crippen molar-refractivity contribution in [2.75, 3.05) is 6.61 Å². The Morgan fingerprint density at radius 2 is 2.29 bits per heavy atom. The first-order valence-corrected chi connectivity index (χ1v) is 7.78. The molecule has 0 aromatic carbocycles. The predicted octanol–water partition coefficient (Wildman–Crippen LogP) is 4.41. The number of halogens is 1. The Kier molecular flexibility index (Phi) is 7.82. The Morgan fingerprint density at radius 3 is 2.94 bits per heavy atom. The summed E-state index contributed by atoms with van der Waals surface area (Å²) in [5.74, 6) is 0.522. The lowest BCUT2D eigenvalue weighted by Crippen LogP contribution is -2.08. The lowest BCUT2D eigenvalue weighted by atomic mass is 10.2. The number of hydrogen-bond acceptors (Lipinski definition) is 3. The lowest BCUT2D eigenvalue weighted by Gasteiger charge is -2.11. The SMILES string of the molecule is CCCC(C)OCCCCc1nc(CCl)cs1. The van der Waals surface area contributed by atoms with Crippen LogP contribution in [0.2, 0.25) is 0 Å². The molecule has 0 aliphatic heterocycles. The van der Waals surface area contributed by atoms with Crippen LogP contribution < -0.4 is 0 Å². The number of thiazole rings is 1. The van der Waals surface area contributed by atoms with Crippen LogP contribution in [0.5, 0.6) is 0 Å². The second kappa shape index (κ2) is 8.90. The van der Waals surface area contributed by atoms with E-state index in [0.29, 0.717) is 12.0 Å². The molecule has 0 radical (unpaired) electrons. The molecular formula is C13H22ClNOS. The van der Waals surface area contributed by atoms with Crippen molar-refractivity contribution in [1.29, 1.82) is 0 Å². The molecule has 98 valence electrons. The zero-order chi connectivity index (χ0) is 12.5. The average Bonchev–Trinajstić information content (AvgIpc) is 2.77. The van der Waals surface area contributed by atoms with Gasteiger partial charge in [0.25, 0.3) is 0 Å². The van der Waals surface area contributed by atoms with Gasteiger partial charge in [-0.25, -0.2) is 4.98 Å². The van der Waals surface area contributed by atoms with Crippen molar-refractivity contribution in [2.24, 2.45) is 0 Å². The van der Waals surface area contributed by atoms with Gasteiger partial charge in [-0.3, -0.25) is 0 Å². The zero-order valence-electron chi connectivity index (χ0n) is 10.7. The third kappa shape index (κ3) is 6.39. The molecule has 0 aliphatic rings. The molecule has 2 nitrogen and oxygen atoms in total. The highest BCUT2D eigenvalue weighted by atomic mass is 35.5. The van der Waals surface area contributed by atoms with Crippen LogP contribution in [0.25, 0.3) is 0 Å². The Hall–Kier alpha value is -0.120. The maximum atomic E-state index is 5.71. The van der Waals surface area contributed by atoms with Gasteiger partial charge in [-0.2, -0.15) is 0 Å². The molecule has 0 fully saturated rings. The van der Waals surface area contributed by atoms with Gasteiger partial charge in [-0.1, -0.05) is 13.3 Å². The summed E-state index contributed by atoms with van der Waals surface area (Å²) in [4.78, 5) is 4.44. The molecule has 0 N–H and O–H groups in total. The zero-order valence-corrected chi connectivity index (χ0v) is 12.3. The van der Waals surface area contributed by atoms with E-state index >= 15 is 0 Å². The molecule has 0 bridgehead atoms. The molecule has 1 heterocycles. The van der Waals surface area contributed by atoms with Gasteiger partial charge in [0.15, 0.2) is 0 Å². The minimum Gasteiger partial charge on any atom is -0.379 e. The minimum atomic E-state index is 0.405. The maximum absolute atomic E-state index is 5.71. The summed E-state index contributed by atoms with van der Waals surface area (Å²) in [6, 6.07) is 0. The summed E-state index contributed by atoms with van der Waals surface area (Å²) in [6.07, 6.45) is 6.07. The van der Waals surface area contributed by atoms with Crippen LogP contribution in [-0.4, -0.2) is 17.7 Å². The van der Waals surface area contributed by atoms with E-state index in [0.717, 1.165) is 38.0 Å². The van der Waals surface area contributed by atoms with Gasteiger partial charge in [-0.15, -0.1) is 22.9 Å². The Balaban J connectivity index is 2.04. The molecule has 0 saturated heterocycles. The summed E-state index contributed by atoms with van der Waals surface area (Å²) >= 11 is 7.42. The van der Waals surface area contributed by atoms with Crippen LogP contribution in [0.15, 0.2) is 5.38 Å². The van der Waals surface area contributed by atoms with Gasteiger partial charge in [-0.05, 0) is 32.6 Å². The van der Waals surface area contributed by atoms with E-state index in [9.17, 15) is 0 Å². The molecule has 0 amide bonds. The van der Waals surface area contributed by atoms with Gasteiger partial charge in [0, 0.05) is 12.0 Å². The van der Waals surface area contributed by atoms with E-state index in [4.69, 9.17) is 16.3 Å². The normalized spacial score (nSPS) is 12.9. The number of aromatic nitrogens is 1. The smallest absolute Gasteiger partial charge is 0.0928 e. The van der Waals surface area contributed by atoms with Gasteiger partial charge < -0.3 is 4.74 Å². The van der Waals surface area contributed by atoms with Gasteiger partial charge >= 0.3 is 0 Å². The van der Waals surface area contributed by atoms with Crippen molar-refractivity contribution >= 4 is 22.9 Å². The van der Waals surface area contributed by atoms with E-state index in [2.05, 4.69) is 18.8 Å². The van der Waals surface area contributed by atoms with E-state index in [-0.39, 0.29) is 0 Å². The molecule has 4 heteroatoms. The van der Waals surface area contributed by atoms with Crippen LogP contribution >= 0.6 is 22.9 Å². The largest absolute Gasteiger partial charge is 0.379 e. The Bertz CT molecular complexity index is 303. The Morgan fingerprint density at radius 1 is 1.47 bits per heavy atom.